The van der Waals surface area contributed by atoms with Gasteiger partial charge in [0, 0.05) is 16.2 Å². The highest BCUT2D eigenvalue weighted by Gasteiger charge is 2.15. The van der Waals surface area contributed by atoms with Gasteiger partial charge in [-0.3, -0.25) is 4.79 Å². The van der Waals surface area contributed by atoms with Gasteiger partial charge in [-0.05, 0) is 37.3 Å². The minimum Gasteiger partial charge on any atom is -0.497 e. The molecule has 1 amide bonds. The smallest absolute Gasteiger partial charge is 0.265 e. The largest absolute Gasteiger partial charge is 0.497 e. The molecule has 0 unspecified atom stereocenters. The van der Waals surface area contributed by atoms with Gasteiger partial charge in [0.05, 0.1) is 7.11 Å². The summed E-state index contributed by atoms with van der Waals surface area (Å²) in [5, 5.41) is 2.80. The fourth-order valence-electron chi connectivity index (χ4n) is 1.74. The summed E-state index contributed by atoms with van der Waals surface area (Å²) in [6.07, 6.45) is -0.606. The molecule has 0 aliphatic rings. The second-order valence-electron chi connectivity index (χ2n) is 4.44. The molecule has 0 bridgehead atoms. The second-order valence-corrected chi connectivity index (χ2v) is 5.35. The Hall–Kier alpha value is -2.01. The van der Waals surface area contributed by atoms with E-state index in [0.29, 0.717) is 17.2 Å². The predicted molar refractivity (Wildman–Crippen MR) is 85.9 cm³/mol. The highest BCUT2D eigenvalue weighted by molar-refractivity contribution is 9.10. The number of benzene rings is 2. The van der Waals surface area contributed by atoms with Crippen molar-refractivity contribution in [3.63, 3.8) is 0 Å². The molecule has 0 saturated carbocycles. The summed E-state index contributed by atoms with van der Waals surface area (Å²) in [5.74, 6) is 1.11. The van der Waals surface area contributed by atoms with Crippen molar-refractivity contribution in [2.45, 2.75) is 13.0 Å². The topological polar surface area (TPSA) is 47.6 Å². The molecule has 1 atom stereocenters. The maximum Gasteiger partial charge on any atom is 0.265 e. The Balaban J connectivity index is 1.99. The normalized spacial score (nSPS) is 11.6. The van der Waals surface area contributed by atoms with Crippen LogP contribution in [0, 0.1) is 0 Å². The summed E-state index contributed by atoms with van der Waals surface area (Å²) in [5.41, 5.74) is 0.670. The zero-order valence-corrected chi connectivity index (χ0v) is 13.4. The summed E-state index contributed by atoms with van der Waals surface area (Å²) in [4.78, 5) is 12.1. The van der Waals surface area contributed by atoms with Crippen LogP contribution in [0.3, 0.4) is 0 Å². The number of hydrogen-bond donors (Lipinski definition) is 1. The van der Waals surface area contributed by atoms with E-state index in [-0.39, 0.29) is 5.91 Å². The number of carbonyl (C=O) groups is 1. The van der Waals surface area contributed by atoms with E-state index in [9.17, 15) is 4.79 Å². The van der Waals surface area contributed by atoms with Crippen LogP contribution in [0.2, 0.25) is 0 Å². The molecule has 110 valence electrons. The standard InChI is InChI=1S/C16H16BrNO3/c1-11(21-15-8-3-5-12(17)9-15)16(19)18-13-6-4-7-14(10-13)20-2/h3-11H,1-2H3,(H,18,19)/t11-/m1/s1. The fourth-order valence-corrected chi connectivity index (χ4v) is 2.12. The average molecular weight is 350 g/mol. The van der Waals surface area contributed by atoms with Gasteiger partial charge in [-0.1, -0.05) is 28.1 Å². The third-order valence-corrected chi connectivity index (χ3v) is 3.31. The van der Waals surface area contributed by atoms with Gasteiger partial charge in [0.25, 0.3) is 5.91 Å². The number of halogens is 1. The Morgan fingerprint density at radius 1 is 1.14 bits per heavy atom. The number of hydrogen-bond acceptors (Lipinski definition) is 3. The molecule has 0 fully saturated rings. The van der Waals surface area contributed by atoms with Crippen LogP contribution in [-0.2, 0) is 4.79 Å². The van der Waals surface area contributed by atoms with Crippen LogP contribution in [0.1, 0.15) is 6.92 Å². The number of anilines is 1. The van der Waals surface area contributed by atoms with Gasteiger partial charge in [0.2, 0.25) is 0 Å². The van der Waals surface area contributed by atoms with Crippen molar-refractivity contribution >= 4 is 27.5 Å². The average Bonchev–Trinajstić information content (AvgIpc) is 2.47. The molecule has 0 spiro atoms. The van der Waals surface area contributed by atoms with Crippen LogP contribution in [0.4, 0.5) is 5.69 Å². The van der Waals surface area contributed by atoms with Gasteiger partial charge in [0.15, 0.2) is 6.10 Å². The van der Waals surface area contributed by atoms with Crippen LogP contribution in [0.5, 0.6) is 11.5 Å². The van der Waals surface area contributed by atoms with Gasteiger partial charge >= 0.3 is 0 Å². The lowest BCUT2D eigenvalue weighted by Gasteiger charge is -2.15. The molecular formula is C16H16BrNO3. The summed E-state index contributed by atoms with van der Waals surface area (Å²) in [6, 6.07) is 14.6. The van der Waals surface area contributed by atoms with Crippen molar-refractivity contribution in [1.29, 1.82) is 0 Å². The molecule has 5 heteroatoms. The fraction of sp³-hybridized carbons (Fsp3) is 0.188. The third kappa shape index (κ3) is 4.49. The van der Waals surface area contributed by atoms with Crippen LogP contribution >= 0.6 is 15.9 Å². The van der Waals surface area contributed by atoms with E-state index in [1.165, 1.54) is 0 Å². The summed E-state index contributed by atoms with van der Waals surface area (Å²) in [7, 11) is 1.58. The van der Waals surface area contributed by atoms with Crippen LogP contribution in [0.25, 0.3) is 0 Å². The first kappa shape index (κ1) is 15.4. The first-order valence-corrected chi connectivity index (χ1v) is 7.25. The van der Waals surface area contributed by atoms with Crippen molar-refractivity contribution in [2.75, 3.05) is 12.4 Å². The predicted octanol–water partition coefficient (Wildman–Crippen LogP) is 3.86. The van der Waals surface area contributed by atoms with Crippen molar-refractivity contribution in [3.8, 4) is 11.5 Å². The Kier molecular flexibility index (Phi) is 5.22. The first-order chi connectivity index (χ1) is 10.1. The van der Waals surface area contributed by atoms with E-state index in [4.69, 9.17) is 9.47 Å². The molecule has 0 heterocycles. The van der Waals surface area contributed by atoms with Gasteiger partial charge in [-0.25, -0.2) is 0 Å². The second kappa shape index (κ2) is 7.13. The molecule has 4 nitrogen and oxygen atoms in total. The first-order valence-electron chi connectivity index (χ1n) is 6.45. The zero-order chi connectivity index (χ0) is 15.2. The number of rotatable bonds is 5. The Labute approximate surface area is 132 Å². The van der Waals surface area contributed by atoms with Gasteiger partial charge in [0.1, 0.15) is 11.5 Å². The van der Waals surface area contributed by atoms with E-state index in [2.05, 4.69) is 21.2 Å². The zero-order valence-electron chi connectivity index (χ0n) is 11.8. The number of amides is 1. The number of nitrogens with one attached hydrogen (secondary N) is 1. The minimum absolute atomic E-state index is 0.219. The van der Waals surface area contributed by atoms with E-state index in [0.717, 1.165) is 4.47 Å². The molecule has 21 heavy (non-hydrogen) atoms. The van der Waals surface area contributed by atoms with Crippen molar-refractivity contribution in [3.05, 3.63) is 53.0 Å². The molecule has 2 aromatic rings. The van der Waals surface area contributed by atoms with E-state index in [1.54, 1.807) is 32.2 Å². The van der Waals surface area contributed by atoms with E-state index in [1.807, 2.05) is 30.3 Å². The number of methoxy groups -OCH3 is 1. The van der Waals surface area contributed by atoms with Crippen LogP contribution < -0.4 is 14.8 Å². The Morgan fingerprint density at radius 2 is 1.86 bits per heavy atom. The molecular weight excluding hydrogens is 334 g/mol. The van der Waals surface area contributed by atoms with Crippen molar-refractivity contribution in [1.82, 2.24) is 0 Å². The molecule has 0 aliphatic carbocycles. The number of carbonyl (C=O) groups excluding carboxylic acids is 1. The molecule has 0 aliphatic heterocycles. The van der Waals surface area contributed by atoms with Crippen molar-refractivity contribution in [2.24, 2.45) is 0 Å². The molecule has 0 aromatic heterocycles. The number of ether oxygens (including phenoxy) is 2. The molecule has 0 radical (unpaired) electrons. The van der Waals surface area contributed by atoms with Crippen molar-refractivity contribution < 1.29 is 14.3 Å². The SMILES string of the molecule is COc1cccc(NC(=O)[C@@H](C)Oc2cccc(Br)c2)c1. The lowest BCUT2D eigenvalue weighted by atomic mass is 10.2. The lowest BCUT2D eigenvalue weighted by Crippen LogP contribution is -2.30. The van der Waals surface area contributed by atoms with Gasteiger partial charge in [-0.15, -0.1) is 0 Å². The third-order valence-electron chi connectivity index (χ3n) is 2.82. The molecule has 0 saturated heterocycles. The Morgan fingerprint density at radius 3 is 2.57 bits per heavy atom. The maximum atomic E-state index is 12.1. The molecule has 1 N–H and O–H groups in total. The monoisotopic (exact) mass is 349 g/mol. The molecule has 2 aromatic carbocycles. The summed E-state index contributed by atoms with van der Waals surface area (Å²) in [6.45, 7) is 1.70. The van der Waals surface area contributed by atoms with Gasteiger partial charge in [-0.2, -0.15) is 0 Å². The Bertz CT molecular complexity index is 630. The minimum atomic E-state index is -0.606. The summed E-state index contributed by atoms with van der Waals surface area (Å²) < 4.78 is 11.6. The maximum absolute atomic E-state index is 12.1. The van der Waals surface area contributed by atoms with Crippen LogP contribution in [-0.4, -0.2) is 19.1 Å². The lowest BCUT2D eigenvalue weighted by molar-refractivity contribution is -0.122. The highest BCUT2D eigenvalue weighted by Crippen LogP contribution is 2.20. The van der Waals surface area contributed by atoms with Gasteiger partial charge < -0.3 is 14.8 Å². The molecule has 2 rings (SSSR count). The van der Waals surface area contributed by atoms with E-state index < -0.39 is 6.10 Å². The van der Waals surface area contributed by atoms with Crippen LogP contribution in [0.15, 0.2) is 53.0 Å². The highest BCUT2D eigenvalue weighted by atomic mass is 79.9. The summed E-state index contributed by atoms with van der Waals surface area (Å²) >= 11 is 3.36. The quantitative estimate of drug-likeness (QED) is 0.891. The van der Waals surface area contributed by atoms with E-state index >= 15 is 0 Å².